The van der Waals surface area contributed by atoms with Gasteiger partial charge in [0.25, 0.3) is 0 Å². The van der Waals surface area contributed by atoms with E-state index in [2.05, 4.69) is 27.8 Å². The number of pyridine rings is 1. The molecule has 1 atom stereocenters. The van der Waals surface area contributed by atoms with E-state index >= 15 is 0 Å². The minimum atomic E-state index is 0.148. The van der Waals surface area contributed by atoms with Crippen LogP contribution in [-0.2, 0) is 11.3 Å². The largest absolute Gasteiger partial charge is 0.337 e. The number of carbonyl (C=O) groups excluding carboxylic acids is 1. The number of hydrogen-bond donors (Lipinski definition) is 0. The zero-order valence-corrected chi connectivity index (χ0v) is 12.9. The molecule has 3 heterocycles. The molecule has 114 valence electrons. The molecule has 2 aliphatic rings. The highest BCUT2D eigenvalue weighted by Crippen LogP contribution is 2.38. The highest BCUT2D eigenvalue weighted by atomic mass is 16.2. The van der Waals surface area contributed by atoms with Crippen molar-refractivity contribution in [2.24, 2.45) is 0 Å². The third-order valence-electron chi connectivity index (χ3n) is 5.13. The number of hydrogen-bond acceptors (Lipinski definition) is 3. The number of aromatic nitrogens is 1. The van der Waals surface area contributed by atoms with Crippen molar-refractivity contribution in [2.45, 2.75) is 51.1 Å². The number of nitrogens with zero attached hydrogens (tertiary/aromatic N) is 3. The van der Waals surface area contributed by atoms with E-state index in [1.807, 2.05) is 18.5 Å². The van der Waals surface area contributed by atoms with Crippen molar-refractivity contribution in [3.8, 4) is 0 Å². The van der Waals surface area contributed by atoms with Crippen LogP contribution in [0.15, 0.2) is 24.5 Å². The van der Waals surface area contributed by atoms with Crippen LogP contribution < -0.4 is 0 Å². The van der Waals surface area contributed by atoms with Crippen LogP contribution in [0, 0.1) is 0 Å². The predicted molar refractivity (Wildman–Crippen MR) is 82.7 cm³/mol. The van der Waals surface area contributed by atoms with Gasteiger partial charge in [-0.05, 0) is 50.8 Å². The SMILES string of the molecule is CCN1C(=O)CC[C@]12CCCN(Cc1cccnc1)CC2. The second kappa shape index (κ2) is 6.14. The van der Waals surface area contributed by atoms with Crippen LogP contribution in [0.4, 0.5) is 0 Å². The summed E-state index contributed by atoms with van der Waals surface area (Å²) in [5.74, 6) is 0.359. The predicted octanol–water partition coefficient (Wildman–Crippen LogP) is 2.45. The molecule has 1 aromatic heterocycles. The van der Waals surface area contributed by atoms with Gasteiger partial charge in [0.2, 0.25) is 5.91 Å². The first-order valence-electron chi connectivity index (χ1n) is 8.15. The van der Waals surface area contributed by atoms with Crippen molar-refractivity contribution in [3.05, 3.63) is 30.1 Å². The third-order valence-corrected chi connectivity index (χ3v) is 5.13. The summed E-state index contributed by atoms with van der Waals surface area (Å²) < 4.78 is 0. The average molecular weight is 287 g/mol. The molecule has 0 bridgehead atoms. The first-order valence-corrected chi connectivity index (χ1v) is 8.15. The van der Waals surface area contributed by atoms with Gasteiger partial charge in [-0.2, -0.15) is 0 Å². The molecular weight excluding hydrogens is 262 g/mol. The fraction of sp³-hybridized carbons (Fsp3) is 0.647. The van der Waals surface area contributed by atoms with Crippen LogP contribution in [0.5, 0.6) is 0 Å². The molecule has 21 heavy (non-hydrogen) atoms. The molecule has 4 heteroatoms. The Bertz CT molecular complexity index is 490. The topological polar surface area (TPSA) is 36.4 Å². The van der Waals surface area contributed by atoms with Gasteiger partial charge in [-0.1, -0.05) is 6.07 Å². The second-order valence-electron chi connectivity index (χ2n) is 6.35. The summed E-state index contributed by atoms with van der Waals surface area (Å²) in [4.78, 5) is 20.9. The molecule has 0 aromatic carbocycles. The Morgan fingerprint density at radius 3 is 2.95 bits per heavy atom. The molecule has 3 rings (SSSR count). The fourth-order valence-corrected chi connectivity index (χ4v) is 4.05. The van der Waals surface area contributed by atoms with Crippen molar-refractivity contribution in [1.29, 1.82) is 0 Å². The molecule has 1 spiro atoms. The molecule has 2 fully saturated rings. The van der Waals surface area contributed by atoms with Gasteiger partial charge in [0.1, 0.15) is 0 Å². The highest BCUT2D eigenvalue weighted by Gasteiger charge is 2.44. The van der Waals surface area contributed by atoms with Crippen molar-refractivity contribution in [3.63, 3.8) is 0 Å². The molecule has 1 aromatic rings. The summed E-state index contributed by atoms with van der Waals surface area (Å²) in [6.45, 7) is 6.16. The first-order chi connectivity index (χ1) is 10.2. The fourth-order valence-electron chi connectivity index (χ4n) is 4.05. The van der Waals surface area contributed by atoms with E-state index in [4.69, 9.17) is 0 Å². The van der Waals surface area contributed by atoms with E-state index in [0.29, 0.717) is 5.91 Å². The Labute approximate surface area is 127 Å². The van der Waals surface area contributed by atoms with Crippen molar-refractivity contribution < 1.29 is 4.79 Å². The molecule has 0 unspecified atom stereocenters. The van der Waals surface area contributed by atoms with Gasteiger partial charge >= 0.3 is 0 Å². The van der Waals surface area contributed by atoms with Crippen LogP contribution in [0.1, 0.15) is 44.6 Å². The van der Waals surface area contributed by atoms with Crippen LogP contribution in [0.3, 0.4) is 0 Å². The molecule has 1 amide bonds. The number of rotatable bonds is 3. The normalized spacial score (nSPS) is 27.3. The summed E-state index contributed by atoms with van der Waals surface area (Å²) in [5, 5.41) is 0. The van der Waals surface area contributed by atoms with Gasteiger partial charge in [-0.3, -0.25) is 14.7 Å². The van der Waals surface area contributed by atoms with E-state index in [-0.39, 0.29) is 5.54 Å². The average Bonchev–Trinajstić information content (AvgIpc) is 2.68. The Morgan fingerprint density at radius 1 is 1.29 bits per heavy atom. The van der Waals surface area contributed by atoms with E-state index in [9.17, 15) is 4.79 Å². The van der Waals surface area contributed by atoms with Crippen LogP contribution in [0.25, 0.3) is 0 Å². The zero-order valence-electron chi connectivity index (χ0n) is 12.9. The second-order valence-corrected chi connectivity index (χ2v) is 6.35. The molecule has 0 aliphatic carbocycles. The number of carbonyl (C=O) groups is 1. The number of likely N-dealkylation sites (tertiary alicyclic amines) is 2. The smallest absolute Gasteiger partial charge is 0.223 e. The van der Waals surface area contributed by atoms with Crippen molar-refractivity contribution >= 4 is 5.91 Å². The minimum Gasteiger partial charge on any atom is -0.337 e. The van der Waals surface area contributed by atoms with Gasteiger partial charge < -0.3 is 4.90 Å². The van der Waals surface area contributed by atoms with Gasteiger partial charge in [-0.25, -0.2) is 0 Å². The maximum Gasteiger partial charge on any atom is 0.223 e. The summed E-state index contributed by atoms with van der Waals surface area (Å²) in [6.07, 6.45) is 9.05. The van der Waals surface area contributed by atoms with E-state index in [1.165, 1.54) is 12.0 Å². The Balaban J connectivity index is 1.65. The van der Waals surface area contributed by atoms with Crippen molar-refractivity contribution in [2.75, 3.05) is 19.6 Å². The minimum absolute atomic E-state index is 0.148. The maximum atomic E-state index is 12.1. The number of amides is 1. The van der Waals surface area contributed by atoms with Crippen molar-refractivity contribution in [1.82, 2.24) is 14.8 Å². The van der Waals surface area contributed by atoms with E-state index in [0.717, 1.165) is 51.9 Å². The molecule has 0 radical (unpaired) electrons. The first kappa shape index (κ1) is 14.5. The quantitative estimate of drug-likeness (QED) is 0.857. The molecule has 0 saturated carbocycles. The summed E-state index contributed by atoms with van der Waals surface area (Å²) >= 11 is 0. The Morgan fingerprint density at radius 2 is 2.19 bits per heavy atom. The van der Waals surface area contributed by atoms with E-state index < -0.39 is 0 Å². The summed E-state index contributed by atoms with van der Waals surface area (Å²) in [6, 6.07) is 4.15. The Hall–Kier alpha value is -1.42. The lowest BCUT2D eigenvalue weighted by Crippen LogP contribution is -2.46. The van der Waals surface area contributed by atoms with Gasteiger partial charge in [-0.15, -0.1) is 0 Å². The lowest BCUT2D eigenvalue weighted by Gasteiger charge is -2.37. The summed E-state index contributed by atoms with van der Waals surface area (Å²) in [7, 11) is 0. The lowest BCUT2D eigenvalue weighted by molar-refractivity contribution is -0.131. The van der Waals surface area contributed by atoms with Crippen LogP contribution >= 0.6 is 0 Å². The molecule has 2 aliphatic heterocycles. The monoisotopic (exact) mass is 287 g/mol. The Kier molecular flexibility index (Phi) is 4.24. The van der Waals surface area contributed by atoms with Gasteiger partial charge in [0.15, 0.2) is 0 Å². The maximum absolute atomic E-state index is 12.1. The molecule has 2 saturated heterocycles. The van der Waals surface area contributed by atoms with Gasteiger partial charge in [0, 0.05) is 44.0 Å². The molecule has 4 nitrogen and oxygen atoms in total. The lowest BCUT2D eigenvalue weighted by atomic mass is 9.88. The third kappa shape index (κ3) is 2.95. The molecule has 0 N–H and O–H groups in total. The highest BCUT2D eigenvalue weighted by molar-refractivity contribution is 5.79. The summed E-state index contributed by atoms with van der Waals surface area (Å²) in [5.41, 5.74) is 1.43. The van der Waals surface area contributed by atoms with Crippen LogP contribution in [0.2, 0.25) is 0 Å². The van der Waals surface area contributed by atoms with E-state index in [1.54, 1.807) is 0 Å². The van der Waals surface area contributed by atoms with Crippen LogP contribution in [-0.4, -0.2) is 45.9 Å². The standard InChI is InChI=1S/C17H25N3O/c1-2-20-16(21)6-8-17(20)7-4-11-19(12-9-17)14-15-5-3-10-18-13-15/h3,5,10,13H,2,4,6-9,11-12,14H2,1H3/t17-/m0/s1. The van der Waals surface area contributed by atoms with Gasteiger partial charge in [0.05, 0.1) is 0 Å². The molecular formula is C17H25N3O. The zero-order chi connectivity index (χ0) is 14.7.